The smallest absolute Gasteiger partial charge is 0.246 e. The van der Waals surface area contributed by atoms with Crippen LogP contribution < -0.4 is 5.32 Å². The third-order valence-corrected chi connectivity index (χ3v) is 4.71. The van der Waals surface area contributed by atoms with E-state index in [9.17, 15) is 14.4 Å². The number of nitriles is 1. The largest absolute Gasteiger partial charge is 0.352 e. The molecule has 27 heavy (non-hydrogen) atoms. The lowest BCUT2D eigenvalue weighted by Crippen LogP contribution is -2.24. The zero-order valence-corrected chi connectivity index (χ0v) is 15.3. The van der Waals surface area contributed by atoms with Crippen molar-refractivity contribution < 1.29 is 9.18 Å². The summed E-state index contributed by atoms with van der Waals surface area (Å²) in [4.78, 5) is 12.3. The van der Waals surface area contributed by atoms with E-state index in [0.717, 1.165) is 41.5 Å². The van der Waals surface area contributed by atoms with Crippen LogP contribution in [0, 0.1) is 17.1 Å². The number of hydrogen-bond acceptors (Lipinski definition) is 2. The van der Waals surface area contributed by atoms with Gasteiger partial charge >= 0.3 is 0 Å². The minimum absolute atomic E-state index is 0.122. The molecule has 2 aromatic rings. The summed E-state index contributed by atoms with van der Waals surface area (Å²) in [7, 11) is 0. The molecular formula is C23H21FN2O. The van der Waals surface area contributed by atoms with Crippen molar-refractivity contribution in [2.45, 2.75) is 26.2 Å². The molecule has 3 nitrogen and oxygen atoms in total. The maximum absolute atomic E-state index is 13.8. The number of rotatable bonds is 1. The number of amides is 1. The predicted octanol–water partition coefficient (Wildman–Crippen LogP) is 5.08. The van der Waals surface area contributed by atoms with Gasteiger partial charge in [0.05, 0.1) is 11.6 Å². The molecule has 0 atom stereocenters. The van der Waals surface area contributed by atoms with Crippen molar-refractivity contribution in [3.8, 4) is 17.2 Å². The first kappa shape index (κ1) is 18.6. The van der Waals surface area contributed by atoms with Crippen molar-refractivity contribution in [3.63, 3.8) is 0 Å². The highest BCUT2D eigenvalue weighted by molar-refractivity contribution is 5.99. The molecule has 3 rings (SSSR count). The van der Waals surface area contributed by atoms with Crippen LogP contribution in [-0.4, -0.2) is 12.5 Å². The molecule has 1 N–H and O–H groups in total. The maximum Gasteiger partial charge on any atom is 0.246 e. The van der Waals surface area contributed by atoms with E-state index in [1.54, 1.807) is 31.2 Å². The summed E-state index contributed by atoms with van der Waals surface area (Å²) in [5.74, 6) is -0.458. The monoisotopic (exact) mass is 360 g/mol. The number of carbonyl (C=O) groups excluding carboxylic acids is 1. The molecule has 1 amide bonds. The summed E-state index contributed by atoms with van der Waals surface area (Å²) in [6, 6.07) is 12.0. The van der Waals surface area contributed by atoms with Gasteiger partial charge in [0.25, 0.3) is 0 Å². The van der Waals surface area contributed by atoms with Gasteiger partial charge < -0.3 is 5.32 Å². The zero-order chi connectivity index (χ0) is 19.4. The number of halogens is 1. The van der Waals surface area contributed by atoms with Crippen LogP contribution in [0.1, 0.15) is 42.9 Å². The average molecular weight is 360 g/mol. The standard InChI is InChI=1S/C23H21FN2O/c1-15-6-3-4-9-26-23(27)16(2)10-19-11-17(14-25)12-21(22(15)19)18-7-5-8-20(24)13-18/h5,7-8,10-13H,1,3-4,6,9H2,2H3,(H,26,27)/b16-10+. The lowest BCUT2D eigenvalue weighted by Gasteiger charge is -2.17. The van der Waals surface area contributed by atoms with Crippen molar-refractivity contribution in [2.75, 3.05) is 6.54 Å². The lowest BCUT2D eigenvalue weighted by molar-refractivity contribution is -0.117. The highest BCUT2D eigenvalue weighted by atomic mass is 19.1. The Labute approximate surface area is 158 Å². The van der Waals surface area contributed by atoms with Gasteiger partial charge in [-0.25, -0.2) is 4.39 Å². The van der Waals surface area contributed by atoms with E-state index in [2.05, 4.69) is 18.0 Å². The van der Waals surface area contributed by atoms with Crippen molar-refractivity contribution >= 4 is 17.6 Å². The zero-order valence-electron chi connectivity index (χ0n) is 15.3. The van der Waals surface area contributed by atoms with E-state index < -0.39 is 0 Å². The molecule has 1 heterocycles. The van der Waals surface area contributed by atoms with Gasteiger partial charge in [0.2, 0.25) is 5.91 Å². The number of hydrogen-bond donors (Lipinski definition) is 1. The average Bonchev–Trinajstić information content (AvgIpc) is 2.68. The second-order valence-electron chi connectivity index (χ2n) is 6.75. The van der Waals surface area contributed by atoms with Crippen LogP contribution in [0.25, 0.3) is 22.8 Å². The van der Waals surface area contributed by atoms with Crippen molar-refractivity contribution in [2.24, 2.45) is 0 Å². The Hall–Kier alpha value is -3.19. The molecule has 1 aliphatic rings. The normalized spacial score (nSPS) is 17.0. The van der Waals surface area contributed by atoms with Gasteiger partial charge in [-0.05, 0) is 84.4 Å². The van der Waals surface area contributed by atoms with E-state index in [1.165, 1.54) is 12.1 Å². The van der Waals surface area contributed by atoms with Gasteiger partial charge in [0, 0.05) is 12.1 Å². The first-order chi connectivity index (χ1) is 13.0. The van der Waals surface area contributed by atoms with E-state index >= 15 is 0 Å². The first-order valence-electron chi connectivity index (χ1n) is 8.98. The Balaban J connectivity index is 2.30. The summed E-state index contributed by atoms with van der Waals surface area (Å²) in [6.07, 6.45) is 4.30. The highest BCUT2D eigenvalue weighted by Gasteiger charge is 2.17. The van der Waals surface area contributed by atoms with E-state index in [4.69, 9.17) is 0 Å². The van der Waals surface area contributed by atoms with Crippen LogP contribution >= 0.6 is 0 Å². The fraction of sp³-hybridized carbons (Fsp3) is 0.217. The van der Waals surface area contributed by atoms with Crippen LogP contribution in [0.3, 0.4) is 0 Å². The molecule has 0 fully saturated rings. The summed E-state index contributed by atoms with van der Waals surface area (Å²) < 4.78 is 13.8. The fourth-order valence-electron chi connectivity index (χ4n) is 3.35. The fourth-order valence-corrected chi connectivity index (χ4v) is 3.35. The third kappa shape index (κ3) is 4.15. The molecule has 0 saturated carbocycles. The predicted molar refractivity (Wildman–Crippen MR) is 106 cm³/mol. The molecule has 136 valence electrons. The number of allylic oxidation sites excluding steroid dienone is 1. The highest BCUT2D eigenvalue weighted by Crippen LogP contribution is 2.36. The molecule has 4 heteroatoms. The van der Waals surface area contributed by atoms with Crippen LogP contribution in [0.4, 0.5) is 4.39 Å². The molecule has 1 aliphatic heterocycles. The minimum atomic E-state index is -0.336. The number of fused-ring (bicyclic) bond motifs is 1. The number of nitrogens with one attached hydrogen (secondary N) is 1. The molecule has 0 bridgehead atoms. The Morgan fingerprint density at radius 1 is 1.22 bits per heavy atom. The van der Waals surface area contributed by atoms with Crippen LogP contribution in [0.2, 0.25) is 0 Å². The van der Waals surface area contributed by atoms with Gasteiger partial charge in [0.15, 0.2) is 0 Å². The quantitative estimate of drug-likeness (QED) is 0.771. The Bertz CT molecular complexity index is 982. The maximum atomic E-state index is 13.8. The second kappa shape index (κ2) is 8.01. The van der Waals surface area contributed by atoms with Crippen molar-refractivity contribution in [1.82, 2.24) is 5.32 Å². The number of benzene rings is 2. The van der Waals surface area contributed by atoms with Gasteiger partial charge in [-0.15, -0.1) is 0 Å². The van der Waals surface area contributed by atoms with E-state index in [-0.39, 0.29) is 11.7 Å². The molecule has 0 aromatic heterocycles. The Kier molecular flexibility index (Phi) is 5.52. The topological polar surface area (TPSA) is 52.9 Å². The molecule has 0 aliphatic carbocycles. The van der Waals surface area contributed by atoms with Gasteiger partial charge in [-0.2, -0.15) is 5.26 Å². The minimum Gasteiger partial charge on any atom is -0.352 e. The molecule has 0 radical (unpaired) electrons. The van der Waals surface area contributed by atoms with Crippen LogP contribution in [-0.2, 0) is 4.79 Å². The van der Waals surface area contributed by atoms with Gasteiger partial charge in [0.1, 0.15) is 5.82 Å². The van der Waals surface area contributed by atoms with Gasteiger partial charge in [-0.3, -0.25) is 4.79 Å². The molecular weight excluding hydrogens is 339 g/mol. The van der Waals surface area contributed by atoms with Crippen LogP contribution in [0.5, 0.6) is 0 Å². The molecule has 0 unspecified atom stereocenters. The third-order valence-electron chi connectivity index (χ3n) is 4.71. The summed E-state index contributed by atoms with van der Waals surface area (Å²) in [5, 5.41) is 12.4. The number of carbonyl (C=O) groups is 1. The van der Waals surface area contributed by atoms with E-state index in [0.29, 0.717) is 23.2 Å². The van der Waals surface area contributed by atoms with Crippen molar-refractivity contribution in [3.05, 3.63) is 71.1 Å². The molecule has 2 aromatic carbocycles. The second-order valence-corrected chi connectivity index (χ2v) is 6.75. The first-order valence-corrected chi connectivity index (χ1v) is 8.98. The Morgan fingerprint density at radius 2 is 2.04 bits per heavy atom. The van der Waals surface area contributed by atoms with Gasteiger partial charge in [-0.1, -0.05) is 18.7 Å². The Morgan fingerprint density at radius 3 is 2.78 bits per heavy atom. The summed E-state index contributed by atoms with van der Waals surface area (Å²) >= 11 is 0. The van der Waals surface area contributed by atoms with E-state index in [1.807, 2.05) is 6.07 Å². The summed E-state index contributed by atoms with van der Waals surface area (Å²) in [6.45, 7) is 6.63. The molecule has 0 saturated heterocycles. The summed E-state index contributed by atoms with van der Waals surface area (Å²) in [5.41, 5.74) is 5.02. The number of nitrogens with zero attached hydrogens (tertiary/aromatic N) is 1. The molecule has 0 spiro atoms. The van der Waals surface area contributed by atoms with Crippen LogP contribution in [0.15, 0.2) is 48.6 Å². The van der Waals surface area contributed by atoms with Crippen molar-refractivity contribution in [1.29, 1.82) is 5.26 Å². The lowest BCUT2D eigenvalue weighted by atomic mass is 9.87. The SMILES string of the molecule is C=C1CCCCNC(=O)/C(C)=C/c2cc(C#N)cc(-c3cccc(F)c3)c21.